The quantitative estimate of drug-likeness (QED) is 0.185. The van der Waals surface area contributed by atoms with E-state index in [9.17, 15) is 0 Å². The van der Waals surface area contributed by atoms with Crippen molar-refractivity contribution >= 4 is 96.4 Å². The lowest BCUT2D eigenvalue weighted by Gasteiger charge is -2.51. The number of hydrogen-bond acceptors (Lipinski definition) is 3. The summed E-state index contributed by atoms with van der Waals surface area (Å²) in [5, 5.41) is 4.44. The molecular formula is C37H29BN2SSi. The topological polar surface area (TPSA) is 6.48 Å². The summed E-state index contributed by atoms with van der Waals surface area (Å²) in [6.07, 6.45) is 0. The van der Waals surface area contributed by atoms with Gasteiger partial charge in [0.15, 0.2) is 0 Å². The van der Waals surface area contributed by atoms with Gasteiger partial charge in [-0.2, -0.15) is 0 Å². The summed E-state index contributed by atoms with van der Waals surface area (Å²) in [7, 11) is -1.91. The Kier molecular flexibility index (Phi) is 4.18. The standard InChI is InChI=1S/C37H29BN2SSi/c1-37(2)23-13-6-7-15-26(23)40-33-22-12-5-9-17-29(22)41-36(33)38-25-14-11-19-31-35(25)39(28-21-20-24(37)34(40)32(28)38)27-16-8-10-18-30(27)42(31,3)4/h5-21H,1-4H3. The fourth-order valence-electron chi connectivity index (χ4n) is 8.68. The van der Waals surface area contributed by atoms with Crippen LogP contribution in [0.4, 0.5) is 34.1 Å². The second kappa shape index (κ2) is 7.47. The van der Waals surface area contributed by atoms with Crippen LogP contribution in [0.25, 0.3) is 10.1 Å². The molecule has 0 N–H and O–H groups in total. The molecule has 5 heteroatoms. The third-order valence-electron chi connectivity index (χ3n) is 10.6. The maximum Gasteiger partial charge on any atom is 0.264 e. The van der Waals surface area contributed by atoms with Gasteiger partial charge in [-0.25, -0.2) is 0 Å². The molecule has 0 saturated carbocycles. The highest BCUT2D eigenvalue weighted by Gasteiger charge is 2.52. The molecule has 0 aliphatic carbocycles. The molecule has 5 heterocycles. The highest BCUT2D eigenvalue weighted by atomic mass is 32.1. The number of benzene rings is 5. The smallest absolute Gasteiger partial charge is 0.264 e. The van der Waals surface area contributed by atoms with E-state index in [-0.39, 0.29) is 12.1 Å². The van der Waals surface area contributed by atoms with Crippen LogP contribution in [0.1, 0.15) is 25.0 Å². The fraction of sp³-hybridized carbons (Fsp3) is 0.135. The van der Waals surface area contributed by atoms with Crippen LogP contribution in [0.3, 0.4) is 0 Å². The summed E-state index contributed by atoms with van der Waals surface area (Å²) < 4.78 is 2.84. The third-order valence-corrected chi connectivity index (χ3v) is 15.4. The zero-order chi connectivity index (χ0) is 28.1. The van der Waals surface area contributed by atoms with Crippen LogP contribution < -0.4 is 35.9 Å². The molecule has 200 valence electrons. The van der Waals surface area contributed by atoms with Crippen molar-refractivity contribution in [1.82, 2.24) is 0 Å². The molecule has 4 aliphatic rings. The molecule has 6 aromatic rings. The molecule has 0 fully saturated rings. The monoisotopic (exact) mass is 572 g/mol. The van der Waals surface area contributed by atoms with Crippen LogP contribution in [0.2, 0.25) is 13.1 Å². The number of fused-ring (bicyclic) bond motifs is 11. The summed E-state index contributed by atoms with van der Waals surface area (Å²) in [5.74, 6) is 0. The fourth-order valence-corrected chi connectivity index (χ4v) is 13.0. The SMILES string of the molecule is CC1(C)c2ccccc2N2c3c1ccc1c3B(c3cccc4c3N1c1ccccc1[Si]4(C)C)c1sc3ccccc3c12. The van der Waals surface area contributed by atoms with Gasteiger partial charge in [0.1, 0.15) is 8.07 Å². The highest BCUT2D eigenvalue weighted by Crippen LogP contribution is 2.56. The first-order valence-corrected chi connectivity index (χ1v) is 18.8. The Morgan fingerprint density at radius 1 is 0.619 bits per heavy atom. The lowest BCUT2D eigenvalue weighted by atomic mass is 9.35. The molecule has 0 saturated heterocycles. The van der Waals surface area contributed by atoms with Crippen molar-refractivity contribution in [2.45, 2.75) is 32.4 Å². The van der Waals surface area contributed by atoms with Crippen molar-refractivity contribution in [2.75, 3.05) is 9.80 Å². The third kappa shape index (κ3) is 2.52. The second-order valence-corrected chi connectivity index (χ2v) is 18.7. The first-order chi connectivity index (χ1) is 20.4. The second-order valence-electron chi connectivity index (χ2n) is 13.3. The number of rotatable bonds is 0. The average molecular weight is 573 g/mol. The molecule has 4 aliphatic heterocycles. The number of hydrogen-bond donors (Lipinski definition) is 0. The Bertz CT molecular complexity index is 2190. The van der Waals surface area contributed by atoms with Crippen LogP contribution in [-0.4, -0.2) is 14.8 Å². The largest absolute Gasteiger partial charge is 0.312 e. The van der Waals surface area contributed by atoms with Crippen LogP contribution in [0.5, 0.6) is 0 Å². The molecule has 42 heavy (non-hydrogen) atoms. The van der Waals surface area contributed by atoms with E-state index in [1.807, 2.05) is 11.3 Å². The summed E-state index contributed by atoms with van der Waals surface area (Å²) in [5.41, 5.74) is 13.9. The van der Waals surface area contributed by atoms with Crippen molar-refractivity contribution in [3.05, 3.63) is 114 Å². The minimum absolute atomic E-state index is 0.109. The molecule has 1 aromatic heterocycles. The van der Waals surface area contributed by atoms with E-state index in [0.717, 1.165) is 0 Å². The van der Waals surface area contributed by atoms with E-state index in [2.05, 4.69) is 140 Å². The molecule has 10 rings (SSSR count). The Balaban J connectivity index is 1.41. The highest BCUT2D eigenvalue weighted by molar-refractivity contribution is 7.33. The lowest BCUT2D eigenvalue weighted by Crippen LogP contribution is -2.67. The number of thiophene rings is 1. The molecule has 0 amide bonds. The molecule has 5 aromatic carbocycles. The van der Waals surface area contributed by atoms with Gasteiger partial charge in [0.05, 0.1) is 11.4 Å². The maximum absolute atomic E-state index is 2.64. The van der Waals surface area contributed by atoms with Gasteiger partial charge < -0.3 is 9.80 Å². The van der Waals surface area contributed by atoms with Gasteiger partial charge in [0.25, 0.3) is 6.71 Å². The molecule has 0 bridgehead atoms. The van der Waals surface area contributed by atoms with E-state index in [4.69, 9.17) is 0 Å². The predicted octanol–water partition coefficient (Wildman–Crippen LogP) is 6.76. The van der Waals surface area contributed by atoms with Crippen LogP contribution >= 0.6 is 11.3 Å². The van der Waals surface area contributed by atoms with Gasteiger partial charge in [-0.3, -0.25) is 0 Å². The van der Waals surface area contributed by atoms with Crippen molar-refractivity contribution in [3.63, 3.8) is 0 Å². The van der Waals surface area contributed by atoms with Gasteiger partial charge in [-0.05, 0) is 56.7 Å². The van der Waals surface area contributed by atoms with Crippen LogP contribution in [-0.2, 0) is 5.41 Å². The Labute approximate surface area is 252 Å². The van der Waals surface area contributed by atoms with Crippen LogP contribution in [0, 0.1) is 0 Å². The van der Waals surface area contributed by atoms with Crippen molar-refractivity contribution in [2.24, 2.45) is 0 Å². The molecule has 2 nitrogen and oxygen atoms in total. The minimum atomic E-state index is -1.91. The van der Waals surface area contributed by atoms with Crippen molar-refractivity contribution < 1.29 is 0 Å². The van der Waals surface area contributed by atoms with E-state index in [1.54, 1.807) is 5.19 Å². The van der Waals surface area contributed by atoms with E-state index in [1.165, 1.54) is 76.2 Å². The van der Waals surface area contributed by atoms with Crippen molar-refractivity contribution in [1.29, 1.82) is 0 Å². The average Bonchev–Trinajstić information content (AvgIpc) is 3.39. The Hall–Kier alpha value is -4.06. The van der Waals surface area contributed by atoms with Crippen LogP contribution in [0.15, 0.2) is 103 Å². The minimum Gasteiger partial charge on any atom is -0.312 e. The zero-order valence-corrected chi connectivity index (χ0v) is 26.0. The van der Waals surface area contributed by atoms with Gasteiger partial charge in [0.2, 0.25) is 0 Å². The Morgan fingerprint density at radius 3 is 2.24 bits per heavy atom. The van der Waals surface area contributed by atoms with E-state index >= 15 is 0 Å². The normalized spacial score (nSPS) is 17.3. The zero-order valence-electron chi connectivity index (χ0n) is 24.2. The summed E-state index contributed by atoms with van der Waals surface area (Å²) in [6, 6.07) is 39.5. The van der Waals surface area contributed by atoms with Gasteiger partial charge >= 0.3 is 0 Å². The summed E-state index contributed by atoms with van der Waals surface area (Å²) in [6.45, 7) is 10.1. The van der Waals surface area contributed by atoms with E-state index in [0.29, 0.717) is 0 Å². The van der Waals surface area contributed by atoms with Crippen molar-refractivity contribution in [3.8, 4) is 0 Å². The number of nitrogens with zero attached hydrogens (tertiary/aromatic N) is 2. The number of anilines is 6. The van der Waals surface area contributed by atoms with Gasteiger partial charge in [-0.1, -0.05) is 106 Å². The summed E-state index contributed by atoms with van der Waals surface area (Å²) in [4.78, 5) is 5.27. The summed E-state index contributed by atoms with van der Waals surface area (Å²) >= 11 is 2.00. The van der Waals surface area contributed by atoms with Gasteiger partial charge in [-0.15, -0.1) is 11.3 Å². The van der Waals surface area contributed by atoms with Gasteiger partial charge in [0, 0.05) is 43.0 Å². The molecular weight excluding hydrogens is 543 g/mol. The Morgan fingerprint density at radius 2 is 1.36 bits per heavy atom. The molecule has 0 radical (unpaired) electrons. The predicted molar refractivity (Wildman–Crippen MR) is 185 cm³/mol. The first kappa shape index (κ1) is 23.5. The molecule has 0 atom stereocenters. The first-order valence-electron chi connectivity index (χ1n) is 15.0. The number of para-hydroxylation sites is 3. The maximum atomic E-state index is 2.64. The molecule has 0 spiro atoms. The lowest BCUT2D eigenvalue weighted by molar-refractivity contribution is 0.632. The van der Waals surface area contributed by atoms with E-state index < -0.39 is 8.07 Å². The molecule has 0 unspecified atom stereocenters.